The average molecular weight is 404 g/mol. The highest BCUT2D eigenvalue weighted by atomic mass is 32.2. The first-order valence-electron chi connectivity index (χ1n) is 9.19. The third-order valence-electron chi connectivity index (χ3n) is 4.75. The fraction of sp³-hybridized carbons (Fsp3) is 0.381. The van der Waals surface area contributed by atoms with Crippen molar-refractivity contribution >= 4 is 15.8 Å². The monoisotopic (exact) mass is 404 g/mol. The van der Waals surface area contributed by atoms with E-state index in [0.29, 0.717) is 35.3 Å². The largest absolute Gasteiger partial charge is 0.493 e. The molecule has 0 atom stereocenters. The van der Waals surface area contributed by atoms with Crippen molar-refractivity contribution in [2.24, 2.45) is 5.92 Å². The molecule has 0 aromatic heterocycles. The van der Waals surface area contributed by atoms with Crippen LogP contribution in [0.1, 0.15) is 36.0 Å². The maximum atomic E-state index is 12.0. The van der Waals surface area contributed by atoms with Gasteiger partial charge in [-0.05, 0) is 55.2 Å². The standard InChI is InChI=1S/C21H24O6S/c1-25-21(22)16-11-18(26-14-15-5-3-4-6-15)13-19(12-16)27-17-7-9-20(10-8-17)28(2,23)24/h7-13,15H,3-6,14H2,1-2H3. The quantitative estimate of drug-likeness (QED) is 0.643. The van der Waals surface area contributed by atoms with Crippen LogP contribution in [0.15, 0.2) is 47.4 Å². The molecule has 2 aromatic carbocycles. The first-order valence-corrected chi connectivity index (χ1v) is 11.1. The normalized spacial score (nSPS) is 14.6. The Kier molecular flexibility index (Phi) is 6.24. The maximum Gasteiger partial charge on any atom is 0.338 e. The molecule has 0 saturated heterocycles. The van der Waals surface area contributed by atoms with E-state index < -0.39 is 15.8 Å². The van der Waals surface area contributed by atoms with Gasteiger partial charge in [-0.3, -0.25) is 0 Å². The summed E-state index contributed by atoms with van der Waals surface area (Å²) in [6, 6.07) is 11.0. The minimum atomic E-state index is -3.27. The van der Waals surface area contributed by atoms with Crippen LogP contribution >= 0.6 is 0 Å². The molecule has 0 radical (unpaired) electrons. The lowest BCUT2D eigenvalue weighted by molar-refractivity contribution is 0.0599. The number of rotatable bonds is 7. The molecule has 0 amide bonds. The first kappa shape index (κ1) is 20.2. The molecule has 0 aliphatic heterocycles. The van der Waals surface area contributed by atoms with E-state index in [1.165, 1.54) is 32.1 Å². The van der Waals surface area contributed by atoms with Gasteiger partial charge < -0.3 is 14.2 Å². The summed E-state index contributed by atoms with van der Waals surface area (Å²) in [5, 5.41) is 0. The smallest absolute Gasteiger partial charge is 0.338 e. The summed E-state index contributed by atoms with van der Waals surface area (Å²) < 4.78 is 39.7. The maximum absolute atomic E-state index is 12.0. The highest BCUT2D eigenvalue weighted by Crippen LogP contribution is 2.30. The lowest BCUT2D eigenvalue weighted by Crippen LogP contribution is -2.09. The minimum absolute atomic E-state index is 0.212. The third kappa shape index (κ3) is 5.25. The zero-order valence-electron chi connectivity index (χ0n) is 16.0. The zero-order valence-corrected chi connectivity index (χ0v) is 16.8. The first-order chi connectivity index (χ1) is 13.3. The van der Waals surface area contributed by atoms with Crippen LogP contribution in [-0.2, 0) is 14.6 Å². The van der Waals surface area contributed by atoms with E-state index in [4.69, 9.17) is 14.2 Å². The predicted octanol–water partition coefficient (Wildman–Crippen LogP) is 4.24. The van der Waals surface area contributed by atoms with E-state index in [9.17, 15) is 13.2 Å². The Morgan fingerprint density at radius 1 is 1.00 bits per heavy atom. The van der Waals surface area contributed by atoms with Crippen molar-refractivity contribution in [2.45, 2.75) is 30.6 Å². The van der Waals surface area contributed by atoms with Gasteiger partial charge in [0.05, 0.1) is 24.2 Å². The molecule has 1 aliphatic rings. The van der Waals surface area contributed by atoms with E-state index in [1.807, 2.05) is 0 Å². The second kappa shape index (κ2) is 8.65. The second-order valence-corrected chi connectivity index (χ2v) is 9.01. The van der Waals surface area contributed by atoms with Gasteiger partial charge in [0.1, 0.15) is 17.2 Å². The van der Waals surface area contributed by atoms with Crippen LogP contribution < -0.4 is 9.47 Å². The van der Waals surface area contributed by atoms with Crippen molar-refractivity contribution in [3.8, 4) is 17.2 Å². The van der Waals surface area contributed by atoms with Crippen LogP contribution in [0.5, 0.6) is 17.2 Å². The summed E-state index contributed by atoms with van der Waals surface area (Å²) in [7, 11) is -1.95. The molecule has 0 unspecified atom stereocenters. The Balaban J connectivity index is 1.80. The minimum Gasteiger partial charge on any atom is -0.493 e. The number of hydrogen-bond donors (Lipinski definition) is 0. The third-order valence-corrected chi connectivity index (χ3v) is 5.88. The summed E-state index contributed by atoms with van der Waals surface area (Å²) in [5.74, 6) is 1.46. The van der Waals surface area contributed by atoms with E-state index in [-0.39, 0.29) is 4.90 Å². The highest BCUT2D eigenvalue weighted by Gasteiger charge is 2.17. The van der Waals surface area contributed by atoms with Crippen LogP contribution in [0.25, 0.3) is 0 Å². The van der Waals surface area contributed by atoms with Gasteiger partial charge >= 0.3 is 5.97 Å². The molecule has 6 nitrogen and oxygen atoms in total. The van der Waals surface area contributed by atoms with Crippen molar-refractivity contribution in [2.75, 3.05) is 20.0 Å². The Morgan fingerprint density at radius 2 is 1.64 bits per heavy atom. The number of ether oxygens (including phenoxy) is 3. The lowest BCUT2D eigenvalue weighted by Gasteiger charge is -2.14. The number of methoxy groups -OCH3 is 1. The van der Waals surface area contributed by atoms with Crippen molar-refractivity contribution < 1.29 is 27.4 Å². The summed E-state index contributed by atoms with van der Waals surface area (Å²) in [5.41, 5.74) is 0.328. The summed E-state index contributed by atoms with van der Waals surface area (Å²) in [4.78, 5) is 12.2. The molecule has 1 saturated carbocycles. The van der Waals surface area contributed by atoms with Gasteiger partial charge in [-0.15, -0.1) is 0 Å². The topological polar surface area (TPSA) is 78.9 Å². The predicted molar refractivity (Wildman–Crippen MR) is 105 cm³/mol. The fourth-order valence-corrected chi connectivity index (χ4v) is 3.86. The number of esters is 1. The molecule has 3 rings (SSSR count). The summed E-state index contributed by atoms with van der Waals surface area (Å²) in [6.45, 7) is 0.604. The van der Waals surface area contributed by atoms with E-state index in [2.05, 4.69) is 0 Å². The molecule has 1 aliphatic carbocycles. The molecule has 2 aromatic rings. The van der Waals surface area contributed by atoms with Gasteiger partial charge in [0.15, 0.2) is 9.84 Å². The van der Waals surface area contributed by atoms with E-state index in [0.717, 1.165) is 19.1 Å². The molecule has 0 spiro atoms. The van der Waals surface area contributed by atoms with Gasteiger partial charge in [-0.1, -0.05) is 12.8 Å². The number of hydrogen-bond acceptors (Lipinski definition) is 6. The number of carbonyl (C=O) groups is 1. The zero-order chi connectivity index (χ0) is 20.1. The Bertz CT molecular complexity index is 928. The lowest BCUT2D eigenvalue weighted by atomic mass is 10.1. The molecule has 28 heavy (non-hydrogen) atoms. The molecule has 7 heteroatoms. The molecule has 0 N–H and O–H groups in total. The van der Waals surface area contributed by atoms with Gasteiger partial charge in [-0.25, -0.2) is 13.2 Å². The molecule has 150 valence electrons. The van der Waals surface area contributed by atoms with E-state index in [1.54, 1.807) is 30.3 Å². The molecule has 1 fully saturated rings. The molecular formula is C21H24O6S. The van der Waals surface area contributed by atoms with Crippen LogP contribution in [0.2, 0.25) is 0 Å². The van der Waals surface area contributed by atoms with Crippen molar-refractivity contribution in [3.63, 3.8) is 0 Å². The van der Waals surface area contributed by atoms with Crippen LogP contribution in [0.3, 0.4) is 0 Å². The molecule has 0 heterocycles. The fourth-order valence-electron chi connectivity index (χ4n) is 3.23. The van der Waals surface area contributed by atoms with Crippen LogP contribution in [-0.4, -0.2) is 34.4 Å². The Morgan fingerprint density at radius 3 is 2.25 bits per heavy atom. The van der Waals surface area contributed by atoms with Gasteiger partial charge in [0.25, 0.3) is 0 Å². The van der Waals surface area contributed by atoms with Crippen molar-refractivity contribution in [1.29, 1.82) is 0 Å². The number of carbonyl (C=O) groups excluding carboxylic acids is 1. The average Bonchev–Trinajstić information content (AvgIpc) is 3.19. The highest BCUT2D eigenvalue weighted by molar-refractivity contribution is 7.90. The van der Waals surface area contributed by atoms with Crippen LogP contribution in [0, 0.1) is 5.92 Å². The van der Waals surface area contributed by atoms with Gasteiger partial charge in [0.2, 0.25) is 0 Å². The van der Waals surface area contributed by atoms with Gasteiger partial charge in [-0.2, -0.15) is 0 Å². The van der Waals surface area contributed by atoms with Crippen molar-refractivity contribution in [1.82, 2.24) is 0 Å². The van der Waals surface area contributed by atoms with Crippen molar-refractivity contribution in [3.05, 3.63) is 48.0 Å². The van der Waals surface area contributed by atoms with Gasteiger partial charge in [0, 0.05) is 12.3 Å². The summed E-state index contributed by atoms with van der Waals surface area (Å²) >= 11 is 0. The van der Waals surface area contributed by atoms with Crippen LogP contribution in [0.4, 0.5) is 0 Å². The van der Waals surface area contributed by atoms with E-state index >= 15 is 0 Å². The summed E-state index contributed by atoms with van der Waals surface area (Å²) in [6.07, 6.45) is 5.93. The SMILES string of the molecule is COC(=O)c1cc(OCC2CCCC2)cc(Oc2ccc(S(C)(=O)=O)cc2)c1. The number of benzene rings is 2. The number of sulfone groups is 1. The Labute approximate surface area is 165 Å². The Hall–Kier alpha value is -2.54. The molecule has 0 bridgehead atoms. The second-order valence-electron chi connectivity index (χ2n) is 6.99. The molecular weight excluding hydrogens is 380 g/mol.